The summed E-state index contributed by atoms with van der Waals surface area (Å²) in [6, 6.07) is 6.24. The van der Waals surface area contributed by atoms with E-state index in [9.17, 15) is 14.0 Å². The lowest BCUT2D eigenvalue weighted by molar-refractivity contribution is 0.100. The van der Waals surface area contributed by atoms with Crippen molar-refractivity contribution in [3.8, 4) is 0 Å². The van der Waals surface area contributed by atoms with Crippen LogP contribution in [0.4, 0.5) is 4.39 Å². The molecule has 0 unspecified atom stereocenters. The molecule has 0 radical (unpaired) electrons. The Morgan fingerprint density at radius 2 is 2.26 bits per heavy atom. The number of aryl methyl sites for hydroxylation is 1. The number of amides is 1. The molecule has 0 spiro atoms. The van der Waals surface area contributed by atoms with Gasteiger partial charge in [0.2, 0.25) is 0 Å². The van der Waals surface area contributed by atoms with E-state index in [0.29, 0.717) is 31.6 Å². The SMILES string of the molecule is Cc1c(C(N)=O)sc2nc(SCc3cccc(F)c3)[nH]c(=O)c12. The third kappa shape index (κ3) is 3.13. The van der Waals surface area contributed by atoms with Crippen molar-refractivity contribution in [1.82, 2.24) is 9.97 Å². The second kappa shape index (κ2) is 6.13. The van der Waals surface area contributed by atoms with E-state index in [1.54, 1.807) is 19.1 Å². The van der Waals surface area contributed by atoms with Crippen molar-refractivity contribution in [2.24, 2.45) is 5.73 Å². The number of carbonyl (C=O) groups excluding carboxylic acids is 1. The van der Waals surface area contributed by atoms with E-state index in [4.69, 9.17) is 5.73 Å². The van der Waals surface area contributed by atoms with Gasteiger partial charge in [-0.2, -0.15) is 0 Å². The Labute approximate surface area is 138 Å². The van der Waals surface area contributed by atoms with E-state index in [2.05, 4.69) is 9.97 Å². The molecule has 5 nitrogen and oxygen atoms in total. The minimum absolute atomic E-state index is 0.306. The molecule has 0 atom stereocenters. The number of fused-ring (bicyclic) bond motifs is 1. The molecule has 3 rings (SSSR count). The second-order valence-electron chi connectivity index (χ2n) is 4.89. The van der Waals surface area contributed by atoms with Crippen LogP contribution in [0.5, 0.6) is 0 Å². The van der Waals surface area contributed by atoms with Crippen LogP contribution in [0.2, 0.25) is 0 Å². The van der Waals surface area contributed by atoms with Crippen molar-refractivity contribution in [2.75, 3.05) is 0 Å². The Morgan fingerprint density at radius 3 is 2.96 bits per heavy atom. The summed E-state index contributed by atoms with van der Waals surface area (Å²) in [6.07, 6.45) is 0. The number of halogens is 1. The molecule has 2 aromatic heterocycles. The normalized spacial score (nSPS) is 11.0. The van der Waals surface area contributed by atoms with Gasteiger partial charge in [-0.25, -0.2) is 9.37 Å². The standard InChI is InChI=1S/C15H12FN3O2S2/c1-7-10-13(21)18-15(19-14(10)23-11(7)12(17)20)22-6-8-3-2-4-9(16)5-8/h2-5H,6H2,1H3,(H2,17,20)(H,18,19,21). The predicted octanol–water partition coefficient (Wildman–Crippen LogP) is 2.82. The molecule has 3 N–H and O–H groups in total. The van der Waals surface area contributed by atoms with Crippen LogP contribution < -0.4 is 11.3 Å². The number of aromatic amines is 1. The molecule has 8 heteroatoms. The molecule has 0 aliphatic heterocycles. The minimum atomic E-state index is -0.570. The maximum Gasteiger partial charge on any atom is 0.260 e. The van der Waals surface area contributed by atoms with Gasteiger partial charge in [-0.1, -0.05) is 23.9 Å². The Morgan fingerprint density at radius 1 is 1.48 bits per heavy atom. The fourth-order valence-corrected chi connectivity index (χ4v) is 4.10. The summed E-state index contributed by atoms with van der Waals surface area (Å²) >= 11 is 2.40. The lowest BCUT2D eigenvalue weighted by atomic mass is 10.2. The number of thioether (sulfide) groups is 1. The van der Waals surface area contributed by atoms with Crippen molar-refractivity contribution >= 4 is 39.2 Å². The number of primary amides is 1. The highest BCUT2D eigenvalue weighted by atomic mass is 32.2. The molecule has 0 bridgehead atoms. The number of aromatic nitrogens is 2. The zero-order valence-electron chi connectivity index (χ0n) is 12.1. The molecule has 0 fully saturated rings. The molecule has 0 saturated carbocycles. The van der Waals surface area contributed by atoms with E-state index in [0.717, 1.165) is 16.9 Å². The van der Waals surface area contributed by atoms with Gasteiger partial charge in [0.25, 0.3) is 11.5 Å². The summed E-state index contributed by atoms with van der Waals surface area (Å²) in [5.41, 5.74) is 6.34. The highest BCUT2D eigenvalue weighted by Crippen LogP contribution is 2.28. The Hall–Kier alpha value is -2.19. The molecule has 2 heterocycles. The molecule has 0 aliphatic carbocycles. The fraction of sp³-hybridized carbons (Fsp3) is 0.133. The van der Waals surface area contributed by atoms with Crippen molar-refractivity contribution in [3.05, 3.63) is 56.4 Å². The fourth-order valence-electron chi connectivity index (χ4n) is 2.21. The lowest BCUT2D eigenvalue weighted by Crippen LogP contribution is -2.11. The van der Waals surface area contributed by atoms with E-state index in [1.807, 2.05) is 0 Å². The zero-order valence-corrected chi connectivity index (χ0v) is 13.7. The van der Waals surface area contributed by atoms with Gasteiger partial charge < -0.3 is 10.7 Å². The second-order valence-corrected chi connectivity index (χ2v) is 6.85. The van der Waals surface area contributed by atoms with Gasteiger partial charge in [-0.05, 0) is 30.2 Å². The van der Waals surface area contributed by atoms with Gasteiger partial charge in [0, 0.05) is 5.75 Å². The number of nitrogens with two attached hydrogens (primary N) is 1. The summed E-state index contributed by atoms with van der Waals surface area (Å²) in [4.78, 5) is 31.4. The zero-order chi connectivity index (χ0) is 16.6. The smallest absolute Gasteiger partial charge is 0.260 e. The van der Waals surface area contributed by atoms with Crippen molar-refractivity contribution in [2.45, 2.75) is 17.8 Å². The molecule has 1 amide bonds. The van der Waals surface area contributed by atoms with Gasteiger partial charge in [0.1, 0.15) is 10.6 Å². The molecule has 3 aromatic rings. The molecule has 118 valence electrons. The number of benzene rings is 1. The highest BCUT2D eigenvalue weighted by molar-refractivity contribution is 7.98. The summed E-state index contributed by atoms with van der Waals surface area (Å²) in [6.45, 7) is 1.68. The topological polar surface area (TPSA) is 88.8 Å². The molecule has 23 heavy (non-hydrogen) atoms. The number of H-pyrrole nitrogens is 1. The number of hydrogen-bond donors (Lipinski definition) is 2. The number of carbonyl (C=O) groups is 1. The molecule has 0 saturated heterocycles. The average molecular weight is 349 g/mol. The van der Waals surface area contributed by atoms with E-state index < -0.39 is 5.91 Å². The van der Waals surface area contributed by atoms with E-state index in [1.165, 1.54) is 23.9 Å². The van der Waals surface area contributed by atoms with Crippen LogP contribution in [0.15, 0.2) is 34.2 Å². The van der Waals surface area contributed by atoms with Crippen LogP contribution in [0, 0.1) is 12.7 Å². The average Bonchev–Trinajstić information content (AvgIpc) is 2.83. The molecular formula is C15H12FN3O2S2. The van der Waals surface area contributed by atoms with Crippen LogP contribution in [0.3, 0.4) is 0 Å². The first-order valence-corrected chi connectivity index (χ1v) is 8.46. The maximum absolute atomic E-state index is 13.2. The summed E-state index contributed by atoms with van der Waals surface area (Å²) in [5.74, 6) is -0.405. The number of hydrogen-bond acceptors (Lipinski definition) is 5. The number of rotatable bonds is 4. The van der Waals surface area contributed by atoms with Gasteiger partial charge >= 0.3 is 0 Å². The van der Waals surface area contributed by atoms with E-state index >= 15 is 0 Å². The maximum atomic E-state index is 13.2. The van der Waals surface area contributed by atoms with Crippen LogP contribution in [-0.4, -0.2) is 15.9 Å². The Bertz CT molecular complexity index is 965. The van der Waals surface area contributed by atoms with Crippen molar-refractivity contribution in [1.29, 1.82) is 0 Å². The minimum Gasteiger partial charge on any atom is -0.365 e. The summed E-state index contributed by atoms with van der Waals surface area (Å²) in [5, 5.41) is 0.808. The third-order valence-electron chi connectivity index (χ3n) is 3.27. The molecular weight excluding hydrogens is 337 g/mol. The van der Waals surface area contributed by atoms with Gasteiger partial charge in [-0.3, -0.25) is 9.59 Å². The lowest BCUT2D eigenvalue weighted by Gasteiger charge is -2.02. The van der Waals surface area contributed by atoms with Crippen LogP contribution in [-0.2, 0) is 5.75 Å². The van der Waals surface area contributed by atoms with Crippen LogP contribution in [0.25, 0.3) is 10.2 Å². The Kier molecular flexibility index (Phi) is 4.18. The number of nitrogens with zero attached hydrogens (tertiary/aromatic N) is 1. The third-order valence-corrected chi connectivity index (χ3v) is 5.41. The van der Waals surface area contributed by atoms with Gasteiger partial charge in [0.05, 0.1) is 10.3 Å². The monoisotopic (exact) mass is 349 g/mol. The van der Waals surface area contributed by atoms with Gasteiger partial charge in [-0.15, -0.1) is 11.3 Å². The summed E-state index contributed by atoms with van der Waals surface area (Å²) in [7, 11) is 0. The number of nitrogens with one attached hydrogen (secondary N) is 1. The summed E-state index contributed by atoms with van der Waals surface area (Å²) < 4.78 is 13.2. The van der Waals surface area contributed by atoms with Crippen LogP contribution in [0.1, 0.15) is 20.8 Å². The molecule has 1 aromatic carbocycles. The van der Waals surface area contributed by atoms with Crippen molar-refractivity contribution < 1.29 is 9.18 Å². The quantitative estimate of drug-likeness (QED) is 0.560. The van der Waals surface area contributed by atoms with Crippen LogP contribution >= 0.6 is 23.1 Å². The highest BCUT2D eigenvalue weighted by Gasteiger charge is 2.17. The first-order valence-electron chi connectivity index (χ1n) is 6.66. The molecule has 0 aliphatic rings. The number of thiophene rings is 1. The first kappa shape index (κ1) is 15.7. The van der Waals surface area contributed by atoms with Crippen molar-refractivity contribution in [3.63, 3.8) is 0 Å². The predicted molar refractivity (Wildman–Crippen MR) is 89.5 cm³/mol. The Balaban J connectivity index is 1.93. The first-order chi connectivity index (χ1) is 11.0. The van der Waals surface area contributed by atoms with Gasteiger partial charge in [0.15, 0.2) is 5.16 Å². The largest absolute Gasteiger partial charge is 0.365 e. The van der Waals surface area contributed by atoms with E-state index in [-0.39, 0.29) is 11.4 Å².